The van der Waals surface area contributed by atoms with Gasteiger partial charge in [-0.1, -0.05) is 60.4 Å². The number of para-hydroxylation sites is 1. The highest BCUT2D eigenvalue weighted by Crippen LogP contribution is 2.32. The van der Waals surface area contributed by atoms with Crippen LogP contribution in [0.3, 0.4) is 0 Å². The zero-order chi connectivity index (χ0) is 29.2. The van der Waals surface area contributed by atoms with Crippen molar-refractivity contribution < 1.29 is 14.3 Å². The summed E-state index contributed by atoms with van der Waals surface area (Å²) in [6.45, 7) is 5.45. The molecule has 2 aromatic carbocycles. The summed E-state index contributed by atoms with van der Waals surface area (Å²) in [6.07, 6.45) is 5.28. The lowest BCUT2D eigenvalue weighted by Crippen LogP contribution is -2.39. The molecule has 0 N–H and O–H groups in total. The van der Waals surface area contributed by atoms with Gasteiger partial charge in [-0.3, -0.25) is 9.36 Å². The van der Waals surface area contributed by atoms with Crippen LogP contribution in [0.25, 0.3) is 22.3 Å². The summed E-state index contributed by atoms with van der Waals surface area (Å²) in [4.78, 5) is 33.6. The molecule has 42 heavy (non-hydrogen) atoms. The van der Waals surface area contributed by atoms with Crippen LogP contribution in [0.4, 0.5) is 0 Å². The number of hydrogen-bond donors (Lipinski definition) is 0. The van der Waals surface area contributed by atoms with Gasteiger partial charge in [-0.05, 0) is 54.3 Å². The minimum absolute atomic E-state index is 0.0479. The van der Waals surface area contributed by atoms with Crippen LogP contribution in [0.1, 0.15) is 24.1 Å². The monoisotopic (exact) mass is 594 g/mol. The Hall–Kier alpha value is -4.80. The van der Waals surface area contributed by atoms with E-state index in [1.54, 1.807) is 42.1 Å². The number of fused-ring (bicyclic) bond motifs is 1. The summed E-state index contributed by atoms with van der Waals surface area (Å²) >= 11 is 2.86. The Kier molecular flexibility index (Phi) is 7.56. The van der Waals surface area contributed by atoms with Crippen LogP contribution >= 0.6 is 22.7 Å². The number of thiophene rings is 1. The van der Waals surface area contributed by atoms with Crippen molar-refractivity contribution in [2.24, 2.45) is 4.99 Å². The zero-order valence-corrected chi connectivity index (χ0v) is 24.5. The molecule has 210 valence electrons. The molecule has 0 amide bonds. The van der Waals surface area contributed by atoms with E-state index in [4.69, 9.17) is 14.6 Å². The molecule has 3 aromatic heterocycles. The molecule has 4 heterocycles. The first-order valence-corrected chi connectivity index (χ1v) is 14.8. The van der Waals surface area contributed by atoms with E-state index in [-0.39, 0.29) is 12.2 Å². The number of thiazole rings is 1. The minimum atomic E-state index is -0.726. The van der Waals surface area contributed by atoms with Crippen LogP contribution in [0, 0.1) is 0 Å². The fourth-order valence-corrected chi connectivity index (χ4v) is 6.62. The van der Waals surface area contributed by atoms with Gasteiger partial charge in [-0.25, -0.2) is 14.5 Å². The maximum absolute atomic E-state index is 14.1. The molecule has 0 saturated carbocycles. The quantitative estimate of drug-likeness (QED) is 0.189. The molecule has 0 bridgehead atoms. The first-order valence-electron chi connectivity index (χ1n) is 13.1. The molecular formula is C32H26N4O4S2. The number of benzene rings is 2. The van der Waals surface area contributed by atoms with E-state index >= 15 is 0 Å². The van der Waals surface area contributed by atoms with Crippen molar-refractivity contribution in [3.63, 3.8) is 0 Å². The fraction of sp³-hybridized carbons (Fsp3) is 0.125. The second-order valence-electron chi connectivity index (χ2n) is 9.43. The zero-order valence-electron chi connectivity index (χ0n) is 22.9. The highest BCUT2D eigenvalue weighted by molar-refractivity contribution is 7.13. The standard InChI is InChI=1S/C32H26N4O4S2/c1-4-16-40-31(38)27-20(2)33-32-36(29(27)21-12-14-24(39-3)15-13-21)30(37)26(42-32)18-22-19-35(23-9-6-5-7-10-23)34-28(22)25-11-8-17-41-25/h4-15,17-19,29H,1,16H2,2-3H3/b26-18-/t29-/m0/s1. The summed E-state index contributed by atoms with van der Waals surface area (Å²) in [5.74, 6) is 0.120. The van der Waals surface area contributed by atoms with Crippen molar-refractivity contribution in [3.05, 3.63) is 133 Å². The van der Waals surface area contributed by atoms with E-state index in [0.717, 1.165) is 27.4 Å². The number of allylic oxidation sites excluding steroid dienone is 1. The third kappa shape index (κ3) is 5.06. The Morgan fingerprint density at radius 3 is 2.57 bits per heavy atom. The number of carbonyl (C=O) groups excluding carboxylic acids is 1. The fourth-order valence-electron chi connectivity index (χ4n) is 4.85. The molecular weight excluding hydrogens is 569 g/mol. The first-order chi connectivity index (χ1) is 20.5. The van der Waals surface area contributed by atoms with E-state index in [0.29, 0.717) is 26.4 Å². The van der Waals surface area contributed by atoms with E-state index in [1.807, 2.05) is 76.9 Å². The van der Waals surface area contributed by atoms with Crippen LogP contribution in [-0.2, 0) is 9.53 Å². The van der Waals surface area contributed by atoms with Gasteiger partial charge in [0.1, 0.15) is 18.1 Å². The topological polar surface area (TPSA) is 87.7 Å². The molecule has 1 aliphatic rings. The summed E-state index contributed by atoms with van der Waals surface area (Å²) < 4.78 is 14.6. The van der Waals surface area contributed by atoms with Crippen molar-refractivity contribution in [2.75, 3.05) is 13.7 Å². The molecule has 1 aliphatic heterocycles. The van der Waals surface area contributed by atoms with Gasteiger partial charge in [0.2, 0.25) is 0 Å². The highest BCUT2D eigenvalue weighted by Gasteiger charge is 2.33. The number of rotatable bonds is 8. The smallest absolute Gasteiger partial charge is 0.338 e. The van der Waals surface area contributed by atoms with Gasteiger partial charge in [0.05, 0.1) is 39.5 Å². The lowest BCUT2D eigenvalue weighted by molar-refractivity contribution is -0.138. The van der Waals surface area contributed by atoms with Crippen LogP contribution in [0.5, 0.6) is 5.75 Å². The average molecular weight is 595 g/mol. The summed E-state index contributed by atoms with van der Waals surface area (Å²) in [5, 5.41) is 6.86. The van der Waals surface area contributed by atoms with Gasteiger partial charge in [-0.15, -0.1) is 11.3 Å². The highest BCUT2D eigenvalue weighted by atomic mass is 32.1. The molecule has 6 rings (SSSR count). The van der Waals surface area contributed by atoms with Gasteiger partial charge >= 0.3 is 5.97 Å². The van der Waals surface area contributed by atoms with Crippen LogP contribution in [0.2, 0.25) is 0 Å². The van der Waals surface area contributed by atoms with E-state index in [2.05, 4.69) is 11.6 Å². The van der Waals surface area contributed by atoms with Gasteiger partial charge in [0.25, 0.3) is 5.56 Å². The van der Waals surface area contributed by atoms with E-state index < -0.39 is 12.0 Å². The van der Waals surface area contributed by atoms with Crippen molar-refractivity contribution in [1.82, 2.24) is 14.3 Å². The van der Waals surface area contributed by atoms with Gasteiger partial charge in [-0.2, -0.15) is 5.10 Å². The summed E-state index contributed by atoms with van der Waals surface area (Å²) in [6, 6.07) is 20.4. The molecule has 0 spiro atoms. The molecule has 5 aromatic rings. The molecule has 0 aliphatic carbocycles. The molecule has 0 radical (unpaired) electrons. The van der Waals surface area contributed by atoms with Crippen LogP contribution in [0.15, 0.2) is 112 Å². The van der Waals surface area contributed by atoms with Crippen molar-refractivity contribution in [3.8, 4) is 22.0 Å². The Morgan fingerprint density at radius 2 is 1.88 bits per heavy atom. The first kappa shape index (κ1) is 27.4. The number of carbonyl (C=O) groups is 1. The third-order valence-electron chi connectivity index (χ3n) is 6.81. The predicted molar refractivity (Wildman–Crippen MR) is 165 cm³/mol. The Morgan fingerprint density at radius 1 is 1.10 bits per heavy atom. The van der Waals surface area contributed by atoms with Gasteiger partial charge in [0, 0.05) is 11.8 Å². The SMILES string of the molecule is C=CCOC(=O)C1=C(C)N=c2s/c(=C\c3cn(-c4ccccc4)nc3-c3cccs3)c(=O)n2[C@H]1c1ccc(OC)cc1. The van der Waals surface area contributed by atoms with E-state index in [1.165, 1.54) is 17.4 Å². The normalized spacial score (nSPS) is 14.8. The molecule has 10 heteroatoms. The van der Waals surface area contributed by atoms with Gasteiger partial charge < -0.3 is 9.47 Å². The number of nitrogens with zero attached hydrogens (tertiary/aromatic N) is 4. The number of ether oxygens (including phenoxy) is 2. The lowest BCUT2D eigenvalue weighted by Gasteiger charge is -2.24. The minimum Gasteiger partial charge on any atom is -0.497 e. The summed E-state index contributed by atoms with van der Waals surface area (Å²) in [7, 11) is 1.59. The molecule has 0 unspecified atom stereocenters. The molecule has 0 saturated heterocycles. The van der Waals surface area contributed by atoms with Crippen molar-refractivity contribution >= 4 is 34.7 Å². The molecule has 1 atom stereocenters. The lowest BCUT2D eigenvalue weighted by atomic mass is 9.96. The number of aromatic nitrogens is 3. The number of esters is 1. The van der Waals surface area contributed by atoms with Gasteiger partial charge in [0.15, 0.2) is 4.80 Å². The molecule has 0 fully saturated rings. The van der Waals surface area contributed by atoms with E-state index in [9.17, 15) is 9.59 Å². The average Bonchev–Trinajstić information content (AvgIpc) is 3.76. The summed E-state index contributed by atoms with van der Waals surface area (Å²) in [5.41, 5.74) is 3.76. The Labute approximate surface area is 249 Å². The van der Waals surface area contributed by atoms with Crippen LogP contribution < -0.4 is 19.6 Å². The largest absolute Gasteiger partial charge is 0.497 e. The Balaban J connectivity index is 1.53. The second kappa shape index (κ2) is 11.6. The number of hydrogen-bond acceptors (Lipinski definition) is 8. The maximum atomic E-state index is 14.1. The van der Waals surface area contributed by atoms with Crippen molar-refractivity contribution in [1.29, 1.82) is 0 Å². The van der Waals surface area contributed by atoms with Crippen molar-refractivity contribution in [2.45, 2.75) is 13.0 Å². The third-order valence-corrected chi connectivity index (χ3v) is 8.67. The molecule has 8 nitrogen and oxygen atoms in total. The Bertz CT molecular complexity index is 1980. The number of methoxy groups -OCH3 is 1. The second-order valence-corrected chi connectivity index (χ2v) is 11.4. The maximum Gasteiger partial charge on any atom is 0.338 e. The predicted octanol–water partition coefficient (Wildman–Crippen LogP) is 4.89. The van der Waals surface area contributed by atoms with Crippen LogP contribution in [-0.4, -0.2) is 34.0 Å².